The molecule has 2 amide bonds. The molecule has 0 aliphatic rings. The van der Waals surface area contributed by atoms with Crippen LogP contribution in [0.2, 0.25) is 10.0 Å². The molecule has 0 aromatic heterocycles. The van der Waals surface area contributed by atoms with Gasteiger partial charge in [0.25, 0.3) is 0 Å². The van der Waals surface area contributed by atoms with Crippen molar-refractivity contribution in [3.05, 3.63) is 63.1 Å². The van der Waals surface area contributed by atoms with Crippen LogP contribution in [0.3, 0.4) is 0 Å². The summed E-state index contributed by atoms with van der Waals surface area (Å²) < 4.78 is 26.5. The monoisotopic (exact) mass is 555 g/mol. The van der Waals surface area contributed by atoms with Crippen LogP contribution in [-0.4, -0.2) is 50.0 Å². The molecule has 2 aromatic carbocycles. The van der Waals surface area contributed by atoms with Gasteiger partial charge in [0, 0.05) is 28.2 Å². The number of anilines is 1. The summed E-state index contributed by atoms with van der Waals surface area (Å²) in [4.78, 5) is 28.3. The third kappa shape index (κ3) is 7.60. The van der Waals surface area contributed by atoms with Gasteiger partial charge in [0.15, 0.2) is 0 Å². The third-order valence-corrected chi connectivity index (χ3v) is 8.08. The van der Waals surface area contributed by atoms with Crippen molar-refractivity contribution < 1.29 is 18.0 Å². The number of amides is 2. The lowest BCUT2D eigenvalue weighted by molar-refractivity contribution is -0.140. The van der Waals surface area contributed by atoms with Gasteiger partial charge < -0.3 is 10.2 Å². The summed E-state index contributed by atoms with van der Waals surface area (Å²) in [7, 11) is -3.81. The molecule has 0 spiro atoms. The molecule has 1 N–H and O–H groups in total. The maximum atomic E-state index is 13.8. The summed E-state index contributed by atoms with van der Waals surface area (Å²) in [6.45, 7) is 8.90. The Bertz CT molecular complexity index is 1180. The highest BCUT2D eigenvalue weighted by Crippen LogP contribution is 2.28. The van der Waals surface area contributed by atoms with Crippen LogP contribution in [0, 0.1) is 13.8 Å². The fourth-order valence-corrected chi connectivity index (χ4v) is 5.07. The average molecular weight is 557 g/mol. The van der Waals surface area contributed by atoms with E-state index in [2.05, 4.69) is 5.32 Å². The first-order valence-electron chi connectivity index (χ1n) is 11.9. The van der Waals surface area contributed by atoms with Crippen molar-refractivity contribution in [3.63, 3.8) is 0 Å². The summed E-state index contributed by atoms with van der Waals surface area (Å²) in [5.74, 6) is -0.860. The molecule has 0 fully saturated rings. The fourth-order valence-electron chi connectivity index (χ4n) is 3.71. The lowest BCUT2D eigenvalue weighted by Crippen LogP contribution is -2.53. The second kappa shape index (κ2) is 12.8. The molecular weight excluding hydrogens is 521 g/mol. The molecule has 2 aromatic rings. The zero-order chi connectivity index (χ0) is 27.2. The Balaban J connectivity index is 2.52. The van der Waals surface area contributed by atoms with Crippen LogP contribution in [-0.2, 0) is 26.2 Å². The third-order valence-electron chi connectivity index (χ3n) is 6.23. The van der Waals surface area contributed by atoms with Gasteiger partial charge in [-0.25, -0.2) is 8.42 Å². The van der Waals surface area contributed by atoms with Crippen molar-refractivity contribution in [1.29, 1.82) is 0 Å². The van der Waals surface area contributed by atoms with Crippen molar-refractivity contribution in [2.24, 2.45) is 0 Å². The van der Waals surface area contributed by atoms with Crippen molar-refractivity contribution in [2.75, 3.05) is 17.1 Å². The lowest BCUT2D eigenvalue weighted by atomic mass is 10.1. The van der Waals surface area contributed by atoms with E-state index in [0.717, 1.165) is 28.1 Å². The maximum Gasteiger partial charge on any atom is 0.244 e. The number of rotatable bonds is 11. The molecule has 0 unspecified atom stereocenters. The van der Waals surface area contributed by atoms with E-state index >= 15 is 0 Å². The zero-order valence-corrected chi connectivity index (χ0v) is 24.0. The van der Waals surface area contributed by atoms with Gasteiger partial charge in [-0.3, -0.25) is 13.9 Å². The topological polar surface area (TPSA) is 86.8 Å². The Labute approximate surface area is 224 Å². The number of benzene rings is 2. The smallest absolute Gasteiger partial charge is 0.244 e. The first-order chi connectivity index (χ1) is 16.8. The van der Waals surface area contributed by atoms with Crippen molar-refractivity contribution in [2.45, 2.75) is 66.1 Å². The van der Waals surface area contributed by atoms with Crippen LogP contribution >= 0.6 is 23.2 Å². The van der Waals surface area contributed by atoms with E-state index in [0.29, 0.717) is 27.7 Å². The molecule has 2 rings (SSSR count). The van der Waals surface area contributed by atoms with Crippen LogP contribution < -0.4 is 9.62 Å². The number of aryl methyl sites for hydroxylation is 2. The van der Waals surface area contributed by atoms with Gasteiger partial charge in [0.2, 0.25) is 21.8 Å². The first-order valence-corrected chi connectivity index (χ1v) is 14.5. The van der Waals surface area contributed by atoms with Gasteiger partial charge in [-0.1, -0.05) is 49.2 Å². The van der Waals surface area contributed by atoms with Crippen molar-refractivity contribution >= 4 is 50.7 Å². The second-order valence-electron chi connectivity index (χ2n) is 9.00. The molecular formula is C26H35Cl2N3O4S. The molecule has 0 aliphatic carbocycles. The maximum absolute atomic E-state index is 13.8. The number of hydrogen-bond acceptors (Lipinski definition) is 4. The van der Waals surface area contributed by atoms with Crippen molar-refractivity contribution in [1.82, 2.24) is 10.2 Å². The Morgan fingerprint density at radius 1 is 1.00 bits per heavy atom. The number of hydrogen-bond donors (Lipinski definition) is 1. The van der Waals surface area contributed by atoms with E-state index in [9.17, 15) is 18.0 Å². The summed E-state index contributed by atoms with van der Waals surface area (Å²) in [6, 6.07) is 9.27. The predicted octanol–water partition coefficient (Wildman–Crippen LogP) is 5.10. The molecule has 0 saturated carbocycles. The van der Waals surface area contributed by atoms with Crippen LogP contribution in [0.15, 0.2) is 36.4 Å². The minimum absolute atomic E-state index is 0.0473. The number of nitrogens with zero attached hydrogens (tertiary/aromatic N) is 2. The van der Waals surface area contributed by atoms with Crippen LogP contribution in [0.4, 0.5) is 5.69 Å². The molecule has 10 heteroatoms. The molecule has 2 atom stereocenters. The number of carbonyl (C=O) groups excluding carboxylic acids is 2. The lowest BCUT2D eigenvalue weighted by Gasteiger charge is -2.33. The highest BCUT2D eigenvalue weighted by atomic mass is 35.5. The predicted molar refractivity (Wildman–Crippen MR) is 147 cm³/mol. The largest absolute Gasteiger partial charge is 0.352 e. The number of halogens is 2. The Hall–Kier alpha value is -2.29. The quantitative estimate of drug-likeness (QED) is 0.418. The number of carbonyl (C=O) groups is 2. The molecule has 7 nitrogen and oxygen atoms in total. The Kier molecular flexibility index (Phi) is 10.6. The Morgan fingerprint density at radius 3 is 2.11 bits per heavy atom. The molecule has 0 bridgehead atoms. The van der Waals surface area contributed by atoms with E-state index in [4.69, 9.17) is 23.2 Å². The van der Waals surface area contributed by atoms with Gasteiger partial charge in [-0.15, -0.1) is 0 Å². The highest BCUT2D eigenvalue weighted by molar-refractivity contribution is 7.92. The fraction of sp³-hybridized carbons (Fsp3) is 0.462. The minimum Gasteiger partial charge on any atom is -0.352 e. The van der Waals surface area contributed by atoms with Crippen LogP contribution in [0.1, 0.15) is 50.3 Å². The molecule has 0 radical (unpaired) electrons. The molecule has 0 saturated heterocycles. The number of sulfonamides is 1. The molecule has 0 aliphatic heterocycles. The van der Waals surface area contributed by atoms with Crippen molar-refractivity contribution in [3.8, 4) is 0 Å². The summed E-state index contributed by atoms with van der Waals surface area (Å²) in [5, 5.41) is 3.64. The summed E-state index contributed by atoms with van der Waals surface area (Å²) in [5.41, 5.74) is 2.76. The van der Waals surface area contributed by atoms with Gasteiger partial charge in [-0.05, 0) is 69.0 Å². The van der Waals surface area contributed by atoms with E-state index in [1.807, 2.05) is 33.8 Å². The van der Waals surface area contributed by atoms with E-state index < -0.39 is 28.5 Å². The van der Waals surface area contributed by atoms with Gasteiger partial charge >= 0.3 is 0 Å². The molecule has 0 heterocycles. The standard InChI is InChI=1S/C26H35Cl2N3O4S/c1-7-19(5)29-26(33)24(8-2)30(15-21-22(27)10-9-11-23(21)28)25(32)16-31(36(6,34)35)20-13-12-17(3)18(4)14-20/h9-14,19,24H,7-8,15-16H2,1-6H3,(H,29,33)/t19-,24+/m1/s1. The number of nitrogens with one attached hydrogen (secondary N) is 1. The van der Waals surface area contributed by atoms with Gasteiger partial charge in [-0.2, -0.15) is 0 Å². The summed E-state index contributed by atoms with van der Waals surface area (Å²) in [6.07, 6.45) is 2.09. The van der Waals surface area contributed by atoms with Crippen LogP contribution in [0.25, 0.3) is 0 Å². The normalized spacial score (nSPS) is 13.1. The second-order valence-corrected chi connectivity index (χ2v) is 11.7. The van der Waals surface area contributed by atoms with E-state index in [1.165, 1.54) is 4.90 Å². The van der Waals surface area contributed by atoms with Gasteiger partial charge in [0.1, 0.15) is 12.6 Å². The molecule has 36 heavy (non-hydrogen) atoms. The van der Waals surface area contributed by atoms with E-state index in [1.54, 1.807) is 37.3 Å². The average Bonchev–Trinajstić information content (AvgIpc) is 2.80. The first kappa shape index (κ1) is 29.9. The van der Waals surface area contributed by atoms with E-state index in [-0.39, 0.29) is 18.5 Å². The summed E-state index contributed by atoms with van der Waals surface area (Å²) >= 11 is 12.8. The van der Waals surface area contributed by atoms with Crippen LogP contribution in [0.5, 0.6) is 0 Å². The highest BCUT2D eigenvalue weighted by Gasteiger charge is 2.33. The zero-order valence-electron chi connectivity index (χ0n) is 21.6. The molecule has 198 valence electrons. The SMILES string of the molecule is CC[C@@H](C)NC(=O)[C@H](CC)N(Cc1c(Cl)cccc1Cl)C(=O)CN(c1ccc(C)c(C)c1)S(C)(=O)=O. The van der Waals surface area contributed by atoms with Gasteiger partial charge in [0.05, 0.1) is 11.9 Å². The minimum atomic E-state index is -3.81. The Morgan fingerprint density at radius 2 is 1.61 bits per heavy atom.